The zero-order chi connectivity index (χ0) is 38.3. The van der Waals surface area contributed by atoms with Crippen LogP contribution in [-0.2, 0) is 23.1 Å². The van der Waals surface area contributed by atoms with E-state index in [9.17, 15) is 0 Å². The van der Waals surface area contributed by atoms with Gasteiger partial charge in [-0.2, -0.15) is 0 Å². The Labute approximate surface area is 319 Å². The zero-order valence-electron chi connectivity index (χ0n) is 36.4. The number of unbranched alkanes of at least 4 members (excludes halogenated alkanes) is 1. The maximum Gasteiger partial charge on any atom is 0.192 e. The summed E-state index contributed by atoms with van der Waals surface area (Å²) in [5.41, 5.74) is 3.54. The first kappa shape index (κ1) is 45.1. The van der Waals surface area contributed by atoms with Gasteiger partial charge < -0.3 is 23.1 Å². The third-order valence-electron chi connectivity index (χ3n) is 14.2. The first-order valence-corrected chi connectivity index (χ1v) is 26.8. The molecule has 3 aliphatic carbocycles. The molecule has 3 saturated carbocycles. The summed E-state index contributed by atoms with van der Waals surface area (Å²) < 4.78 is 31.3. The van der Waals surface area contributed by atoms with Gasteiger partial charge in [0, 0.05) is 20.3 Å². The summed E-state index contributed by atoms with van der Waals surface area (Å²) in [5.74, 6) is 2.28. The van der Waals surface area contributed by atoms with Crippen LogP contribution in [0, 0.1) is 23.2 Å². The minimum absolute atomic E-state index is 0.121. The van der Waals surface area contributed by atoms with Crippen molar-refractivity contribution in [3.63, 3.8) is 0 Å². The Balaban J connectivity index is 1.66. The second-order valence-electron chi connectivity index (χ2n) is 20.8. The summed E-state index contributed by atoms with van der Waals surface area (Å²) in [4.78, 5) is 0. The highest BCUT2D eigenvalue weighted by atomic mass is 28.4. The number of hydrogen-bond donors (Lipinski definition) is 0. The van der Waals surface area contributed by atoms with E-state index in [1.165, 1.54) is 50.5 Å². The van der Waals surface area contributed by atoms with E-state index in [1.807, 2.05) is 0 Å². The van der Waals surface area contributed by atoms with Crippen molar-refractivity contribution in [2.75, 3.05) is 27.1 Å². The van der Waals surface area contributed by atoms with E-state index in [2.05, 4.69) is 108 Å². The van der Waals surface area contributed by atoms with Crippen LogP contribution >= 0.6 is 0 Å². The molecule has 0 amide bonds. The smallest absolute Gasteiger partial charge is 0.192 e. The van der Waals surface area contributed by atoms with Gasteiger partial charge in [-0.25, -0.2) is 0 Å². The molecule has 6 atom stereocenters. The molecule has 0 aromatic heterocycles. The van der Waals surface area contributed by atoms with Crippen LogP contribution in [0.5, 0.6) is 0 Å². The van der Waals surface area contributed by atoms with E-state index in [4.69, 9.17) is 23.1 Å². The Morgan fingerprint density at radius 2 is 1.49 bits per heavy atom. The van der Waals surface area contributed by atoms with E-state index >= 15 is 0 Å². The molecule has 5 nitrogen and oxygen atoms in total. The fourth-order valence-electron chi connectivity index (χ4n) is 8.85. The van der Waals surface area contributed by atoms with Crippen molar-refractivity contribution in [3.8, 4) is 0 Å². The van der Waals surface area contributed by atoms with Crippen molar-refractivity contribution >= 4 is 16.6 Å². The van der Waals surface area contributed by atoms with Gasteiger partial charge in [-0.05, 0) is 144 Å². The Kier molecular flexibility index (Phi) is 16.4. The summed E-state index contributed by atoms with van der Waals surface area (Å²) in [6.07, 6.45) is 21.1. The number of methoxy groups -OCH3 is 1. The van der Waals surface area contributed by atoms with Crippen molar-refractivity contribution in [2.45, 2.75) is 207 Å². The van der Waals surface area contributed by atoms with Crippen molar-refractivity contribution in [2.24, 2.45) is 23.2 Å². The van der Waals surface area contributed by atoms with Crippen LogP contribution in [0.2, 0.25) is 36.3 Å². The minimum atomic E-state index is -1.89. The monoisotopic (exact) mass is 749 g/mol. The first-order valence-electron chi connectivity index (χ1n) is 21.0. The second-order valence-corrected chi connectivity index (χ2v) is 30.4. The van der Waals surface area contributed by atoms with Crippen molar-refractivity contribution in [1.29, 1.82) is 0 Å². The van der Waals surface area contributed by atoms with Crippen molar-refractivity contribution in [1.82, 2.24) is 0 Å². The molecule has 0 aliphatic heterocycles. The van der Waals surface area contributed by atoms with Gasteiger partial charge in [-0.1, -0.05) is 91.5 Å². The Morgan fingerprint density at radius 3 is 2.14 bits per heavy atom. The average Bonchev–Trinajstić information content (AvgIpc) is 3.36. The normalized spacial score (nSPS) is 29.2. The molecule has 0 aromatic carbocycles. The summed E-state index contributed by atoms with van der Waals surface area (Å²) in [7, 11) is -1.87. The molecule has 3 aliphatic rings. The van der Waals surface area contributed by atoms with E-state index in [0.717, 1.165) is 69.5 Å². The molecule has 0 unspecified atom stereocenters. The highest BCUT2D eigenvalue weighted by Gasteiger charge is 2.50. The van der Waals surface area contributed by atoms with Crippen LogP contribution in [0.25, 0.3) is 0 Å². The van der Waals surface area contributed by atoms with Gasteiger partial charge in [0.1, 0.15) is 6.79 Å². The van der Waals surface area contributed by atoms with E-state index in [0.29, 0.717) is 12.2 Å². The van der Waals surface area contributed by atoms with Crippen LogP contribution in [0.4, 0.5) is 0 Å². The summed E-state index contributed by atoms with van der Waals surface area (Å²) in [6, 6.07) is 0. The highest BCUT2D eigenvalue weighted by molar-refractivity contribution is 6.74. The molecule has 0 heterocycles. The molecule has 0 radical (unpaired) electrons. The molecule has 0 saturated heterocycles. The molecule has 298 valence electrons. The molecule has 3 rings (SSSR count). The van der Waals surface area contributed by atoms with Crippen LogP contribution < -0.4 is 0 Å². The van der Waals surface area contributed by atoms with Crippen LogP contribution in [0.1, 0.15) is 153 Å². The fourth-order valence-corrected chi connectivity index (χ4v) is 11.3. The van der Waals surface area contributed by atoms with Crippen LogP contribution in [-0.4, -0.2) is 61.6 Å². The molecule has 0 spiro atoms. The number of allylic oxidation sites excluding steroid dienone is 3. The number of hydrogen-bond acceptors (Lipinski definition) is 5. The molecule has 51 heavy (non-hydrogen) atoms. The van der Waals surface area contributed by atoms with Gasteiger partial charge in [-0.15, -0.1) is 0 Å². The standard InChI is InChI=1S/C44H84O5Si2/c1-34(20-18-26-43(8,9)47-33-45-11)39-24-25-40-36(21-19-27-44(39,40)10)23-22-35-30-37(32-38(31-35)49-51(14,15)42(5,6)7)46-28-16-17-29-48-50(12,13)41(2,3)4/h22-23,34,37-40H,16-21,24-33H2,1-15H3/b35-22+,36-23+/t34-,37-,38-,39-,40+,44-/m1/s1. The van der Waals surface area contributed by atoms with E-state index < -0.39 is 16.6 Å². The third-order valence-corrected chi connectivity index (χ3v) is 23.3. The van der Waals surface area contributed by atoms with Gasteiger partial charge in [-0.3, -0.25) is 0 Å². The van der Waals surface area contributed by atoms with Gasteiger partial charge in [0.2, 0.25) is 0 Å². The second kappa shape index (κ2) is 18.6. The van der Waals surface area contributed by atoms with Gasteiger partial charge in [0.15, 0.2) is 16.6 Å². The lowest BCUT2D eigenvalue weighted by molar-refractivity contribution is -0.118. The molecule has 0 N–H and O–H groups in total. The Hall–Kier alpha value is -0.286. The lowest BCUT2D eigenvalue weighted by atomic mass is 9.60. The number of ether oxygens (including phenoxy) is 3. The summed E-state index contributed by atoms with van der Waals surface area (Å²) in [6.45, 7) is 35.1. The molecule has 0 bridgehead atoms. The topological polar surface area (TPSA) is 46.2 Å². The molecule has 0 aromatic rings. The van der Waals surface area contributed by atoms with Gasteiger partial charge in [0.25, 0.3) is 0 Å². The van der Waals surface area contributed by atoms with Crippen LogP contribution in [0.15, 0.2) is 23.3 Å². The average molecular weight is 749 g/mol. The maximum atomic E-state index is 7.08. The minimum Gasteiger partial charge on any atom is -0.417 e. The zero-order valence-corrected chi connectivity index (χ0v) is 38.4. The van der Waals surface area contributed by atoms with Gasteiger partial charge >= 0.3 is 0 Å². The number of fused-ring (bicyclic) bond motifs is 1. The van der Waals surface area contributed by atoms with Crippen molar-refractivity contribution < 1.29 is 23.1 Å². The predicted octanol–water partition coefficient (Wildman–Crippen LogP) is 13.0. The summed E-state index contributed by atoms with van der Waals surface area (Å²) >= 11 is 0. The summed E-state index contributed by atoms with van der Waals surface area (Å²) in [5, 5.41) is 0.461. The molecular formula is C44H84O5Si2. The molecule has 3 fully saturated rings. The lowest BCUT2D eigenvalue weighted by Gasteiger charge is -2.44. The van der Waals surface area contributed by atoms with E-state index in [1.54, 1.807) is 12.7 Å². The first-order chi connectivity index (χ1) is 23.5. The molecular weight excluding hydrogens is 665 g/mol. The fraction of sp³-hybridized carbons (Fsp3) is 0.909. The lowest BCUT2D eigenvalue weighted by Crippen LogP contribution is -2.46. The highest BCUT2D eigenvalue weighted by Crippen LogP contribution is 2.60. The predicted molar refractivity (Wildman–Crippen MR) is 222 cm³/mol. The van der Waals surface area contributed by atoms with Crippen LogP contribution in [0.3, 0.4) is 0 Å². The quantitative estimate of drug-likeness (QED) is 0.0793. The van der Waals surface area contributed by atoms with E-state index in [-0.39, 0.29) is 27.9 Å². The van der Waals surface area contributed by atoms with Crippen molar-refractivity contribution in [3.05, 3.63) is 23.3 Å². The molecule has 7 heteroatoms. The Morgan fingerprint density at radius 1 is 0.843 bits per heavy atom. The maximum absolute atomic E-state index is 7.08. The Bertz CT molecular complexity index is 1130. The largest absolute Gasteiger partial charge is 0.417 e. The van der Waals surface area contributed by atoms with Gasteiger partial charge in [0.05, 0.1) is 17.8 Å². The number of rotatable bonds is 18. The third kappa shape index (κ3) is 12.9. The SMILES string of the molecule is COCOC(C)(C)CCC[C@@H](C)[C@H]1CC[C@H]2/C(=C/C=C3\C[C@@H](OCCCCO[Si](C)(C)C(C)(C)C)C[C@H](O[Si](C)(C)C(C)(C)C)C3)CCC[C@]12C.